The molecule has 0 aromatic heterocycles. The van der Waals surface area contributed by atoms with E-state index in [1.165, 1.54) is 29.2 Å². The number of nitrogens with zero attached hydrogens (tertiary/aromatic N) is 1. The minimum Gasteiger partial charge on any atom is -0.508 e. The van der Waals surface area contributed by atoms with Crippen LogP contribution < -0.4 is 65.9 Å². The Labute approximate surface area is 435 Å². The van der Waals surface area contributed by atoms with Gasteiger partial charge in [0, 0.05) is 25.8 Å². The number of hydrogen-bond donors (Lipinski definition) is 14. The Bertz CT molecular complexity index is 2210. The van der Waals surface area contributed by atoms with E-state index in [0.717, 1.165) is 0 Å². The highest BCUT2D eigenvalue weighted by Crippen LogP contribution is 2.22. The normalized spacial score (nSPS) is 16.8. The van der Waals surface area contributed by atoms with Gasteiger partial charge in [0.2, 0.25) is 70.9 Å². The maximum Gasteiger partial charge on any atom is 0.246 e. The second-order valence-electron chi connectivity index (χ2n) is 19.5. The second-order valence-corrected chi connectivity index (χ2v) is 19.5. The summed E-state index contributed by atoms with van der Waals surface area (Å²) >= 11 is 0. The van der Waals surface area contributed by atoms with Crippen LogP contribution in [-0.2, 0) is 64.0 Å². The van der Waals surface area contributed by atoms with Gasteiger partial charge in [-0.2, -0.15) is 0 Å². The molecule has 27 heteroatoms. The van der Waals surface area contributed by atoms with Gasteiger partial charge in [0.15, 0.2) is 0 Å². The van der Waals surface area contributed by atoms with Crippen molar-refractivity contribution in [1.29, 1.82) is 0 Å². The lowest BCUT2D eigenvalue weighted by Gasteiger charge is -2.32. The lowest BCUT2D eigenvalue weighted by Crippen LogP contribution is -2.61. The van der Waals surface area contributed by atoms with Gasteiger partial charge in [0.25, 0.3) is 0 Å². The Kier molecular flexibility index (Phi) is 26.1. The summed E-state index contributed by atoms with van der Waals surface area (Å²) < 4.78 is 0. The Morgan fingerprint density at radius 2 is 1.12 bits per heavy atom. The van der Waals surface area contributed by atoms with Crippen molar-refractivity contribution in [3.63, 3.8) is 0 Å². The van der Waals surface area contributed by atoms with Crippen LogP contribution in [0.25, 0.3) is 0 Å². The number of aliphatic hydroxyl groups is 1. The van der Waals surface area contributed by atoms with E-state index in [-0.39, 0.29) is 56.2 Å². The zero-order valence-electron chi connectivity index (χ0n) is 43.4. The fourth-order valence-corrected chi connectivity index (χ4v) is 7.88. The molecule has 1 saturated heterocycles. The summed E-state index contributed by atoms with van der Waals surface area (Å²) in [6, 6.07) is -7.13. The average Bonchev–Trinajstić information content (AvgIpc) is 3.83. The van der Waals surface area contributed by atoms with Crippen molar-refractivity contribution in [2.75, 3.05) is 13.2 Å². The molecule has 0 radical (unpaired) electrons. The fourth-order valence-electron chi connectivity index (χ4n) is 7.88. The summed E-state index contributed by atoms with van der Waals surface area (Å²) in [6.07, 6.45) is -1.65. The third-order valence-corrected chi connectivity index (χ3v) is 12.5. The molecule has 2 rings (SSSR count). The van der Waals surface area contributed by atoms with Gasteiger partial charge in [0.05, 0.1) is 19.1 Å². The molecule has 0 saturated carbocycles. The van der Waals surface area contributed by atoms with Crippen LogP contribution in [0.3, 0.4) is 0 Å². The molecule has 0 aliphatic carbocycles. The lowest BCUT2D eigenvalue weighted by atomic mass is 9.96. The van der Waals surface area contributed by atoms with E-state index in [1.54, 1.807) is 41.5 Å². The van der Waals surface area contributed by atoms with Crippen LogP contribution in [0.1, 0.15) is 105 Å². The predicted octanol–water partition coefficient (Wildman–Crippen LogP) is -4.72. The van der Waals surface area contributed by atoms with Gasteiger partial charge in [-0.1, -0.05) is 60.1 Å². The molecule has 1 aliphatic rings. The Morgan fingerprint density at radius 1 is 0.627 bits per heavy atom. The largest absolute Gasteiger partial charge is 0.508 e. The molecule has 1 aromatic carbocycles. The number of nitrogens with two attached hydrogens (primary N) is 5. The molecule has 1 fully saturated rings. The number of carbonyl (C=O) groups excluding carboxylic acids is 12. The number of amides is 12. The molecule has 10 atom stereocenters. The van der Waals surface area contributed by atoms with Crippen LogP contribution in [0.5, 0.6) is 5.75 Å². The van der Waals surface area contributed by atoms with Gasteiger partial charge >= 0.3 is 0 Å². The summed E-state index contributed by atoms with van der Waals surface area (Å²) in [4.78, 5) is 159. The Balaban J connectivity index is 2.48. The van der Waals surface area contributed by atoms with E-state index >= 15 is 0 Å². The lowest BCUT2D eigenvalue weighted by molar-refractivity contribution is -0.143. The van der Waals surface area contributed by atoms with Crippen LogP contribution in [0.4, 0.5) is 0 Å². The van der Waals surface area contributed by atoms with E-state index in [9.17, 15) is 67.7 Å². The van der Waals surface area contributed by atoms with Gasteiger partial charge in [-0.25, -0.2) is 0 Å². The second kappa shape index (κ2) is 30.7. The number of aliphatic hydroxyl groups excluding tert-OH is 1. The smallest absolute Gasteiger partial charge is 0.246 e. The van der Waals surface area contributed by atoms with Gasteiger partial charge in [-0.05, 0) is 67.6 Å². The number of carbonyl (C=O) groups is 12. The van der Waals surface area contributed by atoms with Crippen molar-refractivity contribution in [2.45, 2.75) is 160 Å². The van der Waals surface area contributed by atoms with Crippen LogP contribution in [-0.4, -0.2) is 154 Å². The summed E-state index contributed by atoms with van der Waals surface area (Å²) in [5.41, 5.74) is 27.8. The summed E-state index contributed by atoms with van der Waals surface area (Å²) in [5, 5.41) is 37.2. The third kappa shape index (κ3) is 21.2. The first kappa shape index (κ1) is 63.7. The van der Waals surface area contributed by atoms with Crippen molar-refractivity contribution in [3.8, 4) is 5.75 Å². The van der Waals surface area contributed by atoms with Crippen LogP contribution in [0.2, 0.25) is 0 Å². The van der Waals surface area contributed by atoms with Crippen molar-refractivity contribution in [3.05, 3.63) is 29.8 Å². The predicted molar refractivity (Wildman–Crippen MR) is 269 cm³/mol. The molecule has 1 heterocycles. The molecule has 0 unspecified atom stereocenters. The molecular weight excluding hydrogens is 983 g/mol. The molecule has 75 heavy (non-hydrogen) atoms. The van der Waals surface area contributed by atoms with E-state index in [2.05, 4.69) is 37.2 Å². The number of aromatic hydroxyl groups is 1. The van der Waals surface area contributed by atoms with E-state index in [1.807, 2.05) is 0 Å². The number of hydrogen-bond acceptors (Lipinski definition) is 15. The molecule has 19 N–H and O–H groups in total. The van der Waals surface area contributed by atoms with Crippen LogP contribution in [0, 0.1) is 17.8 Å². The molecule has 27 nitrogen and oxygen atoms in total. The summed E-state index contributed by atoms with van der Waals surface area (Å²) in [6.45, 7) is 9.36. The van der Waals surface area contributed by atoms with Gasteiger partial charge in [0.1, 0.15) is 54.1 Å². The monoisotopic (exact) mass is 1060 g/mol. The first-order valence-electron chi connectivity index (χ1n) is 24.8. The van der Waals surface area contributed by atoms with Gasteiger partial charge in [-0.3, -0.25) is 57.5 Å². The average molecular weight is 1060 g/mol. The molecule has 1 aliphatic heterocycles. The first-order chi connectivity index (χ1) is 35.1. The highest BCUT2D eigenvalue weighted by Gasteiger charge is 2.41. The molecule has 1 aromatic rings. The topological polar surface area (TPSA) is 463 Å². The van der Waals surface area contributed by atoms with Crippen molar-refractivity contribution >= 4 is 70.9 Å². The Morgan fingerprint density at radius 3 is 1.64 bits per heavy atom. The summed E-state index contributed by atoms with van der Waals surface area (Å²) in [7, 11) is 0. The van der Waals surface area contributed by atoms with Crippen molar-refractivity contribution in [1.82, 2.24) is 42.1 Å². The maximum atomic E-state index is 14.7. The number of phenols is 1. The molecule has 0 spiro atoms. The Hall–Kier alpha value is -7.42. The SMILES string of the molecule is CC[C@H](C)[C@H](NC(=O)[C@@H]1CCCN1C(=O)[C@H](Cc1ccc(O)cc1)NC(=O)[C@H](CC(N)=O)NC(=O)[C@H](CCC(N)=O)NC(=O)[C@H](CO)NC(=O)[C@@H](N)C(C)C)C(=O)N[C@@H](CC(C)C)C(=O)N[C@@H](CCC(N)=O)C(N)=O. The highest BCUT2D eigenvalue weighted by atomic mass is 16.3. The number of nitrogens with one attached hydrogen (secondary N) is 7. The van der Waals surface area contributed by atoms with E-state index < -0.39 is 157 Å². The van der Waals surface area contributed by atoms with Crippen LogP contribution >= 0.6 is 0 Å². The summed E-state index contributed by atoms with van der Waals surface area (Å²) in [5.74, 6) is -12.1. The number of rotatable bonds is 32. The van der Waals surface area contributed by atoms with Crippen molar-refractivity contribution < 1.29 is 67.7 Å². The molecular formula is C48H77N13O14. The minimum absolute atomic E-state index is 0.00609. The number of likely N-dealkylation sites (tertiary alicyclic amines) is 1. The quantitative estimate of drug-likeness (QED) is 0.0322. The zero-order valence-corrected chi connectivity index (χ0v) is 43.4. The first-order valence-corrected chi connectivity index (χ1v) is 24.8. The van der Waals surface area contributed by atoms with E-state index in [0.29, 0.717) is 18.4 Å². The highest BCUT2D eigenvalue weighted by molar-refractivity contribution is 5.99. The number of phenolic OH excluding ortho intramolecular Hbond substituents is 1. The van der Waals surface area contributed by atoms with Gasteiger partial charge < -0.3 is 81.0 Å². The van der Waals surface area contributed by atoms with E-state index in [4.69, 9.17) is 28.7 Å². The standard InChI is InChI=1S/C48H77N13O14/c1-7-25(6)39(47(74)57-30(19-23(2)3)42(69)54-28(40(53)67)14-16-35(49)64)60-45(72)34-9-8-18-61(34)48(75)32(20-26-10-12-27(63)13-11-26)58-43(70)31(21-37(51)66)56-41(68)29(15-17-36(50)65)55-44(71)33(22-62)59-46(73)38(52)24(4)5/h10-13,23-25,28-34,38-39,62-63H,7-9,14-22,52H2,1-6H3,(H2,49,64)(H2,50,65)(H2,51,66)(H2,53,67)(H,54,69)(H,55,71)(H,56,68)(H,57,74)(H,58,70)(H,59,73)(H,60,72)/t25-,28-,29-,30-,31-,32-,33-,34-,38-,39-/m0/s1. The van der Waals surface area contributed by atoms with Crippen LogP contribution in [0.15, 0.2) is 24.3 Å². The van der Waals surface area contributed by atoms with Gasteiger partial charge in [-0.15, -0.1) is 0 Å². The molecule has 418 valence electrons. The third-order valence-electron chi connectivity index (χ3n) is 12.5. The fraction of sp³-hybridized carbons (Fsp3) is 0.625. The maximum absolute atomic E-state index is 14.7. The molecule has 0 bridgehead atoms. The van der Waals surface area contributed by atoms with Crippen molar-refractivity contribution in [2.24, 2.45) is 46.4 Å². The minimum atomic E-state index is -1.83. The number of primary amides is 4. The molecule has 12 amide bonds. The zero-order chi connectivity index (χ0) is 56.9. The number of benzene rings is 1.